The summed E-state index contributed by atoms with van der Waals surface area (Å²) in [5.74, 6) is -4.58. The molecule has 0 fully saturated rings. The van der Waals surface area contributed by atoms with Crippen LogP contribution in [0.15, 0.2) is 42.5 Å². The number of nitrogens with zero attached hydrogens (tertiary/aromatic N) is 4. The fraction of sp³-hybridized carbons (Fsp3) is 0.200. The van der Waals surface area contributed by atoms with Gasteiger partial charge in [0.05, 0.1) is 5.39 Å². The van der Waals surface area contributed by atoms with Crippen LogP contribution in [0, 0.1) is 0 Å². The van der Waals surface area contributed by atoms with E-state index in [1.54, 1.807) is 12.1 Å². The smallest absolute Gasteiger partial charge is 0.337 e. The minimum Gasteiger partial charge on any atom is -0.423 e. The van der Waals surface area contributed by atoms with Crippen molar-refractivity contribution in [2.45, 2.75) is 13.0 Å². The number of pyridine rings is 1. The summed E-state index contributed by atoms with van der Waals surface area (Å²) in [7, 11) is 3.83. The van der Waals surface area contributed by atoms with Crippen molar-refractivity contribution in [1.82, 2.24) is 19.7 Å². The number of halogens is 1. The standard InChI is InChI=1S/C25H19ClN4O8/c1-29(2)10-3-11-30-22-20-21(28-30)14-5-4-13(26)12-15(14)35-16(31)6-7-17(32)36-23(22)25-27-24(20)37-18(33)8-9-19(34)38-25/h4-9,12H,3,10-11H2,1-2H3/b7-6?,9-8-. The van der Waals surface area contributed by atoms with Crippen LogP contribution in [0.4, 0.5) is 0 Å². The van der Waals surface area contributed by atoms with Gasteiger partial charge in [0.1, 0.15) is 17.0 Å². The zero-order valence-corrected chi connectivity index (χ0v) is 20.9. The van der Waals surface area contributed by atoms with E-state index in [0.717, 1.165) is 24.3 Å². The van der Waals surface area contributed by atoms with Crippen molar-refractivity contribution in [3.63, 3.8) is 0 Å². The molecule has 0 unspecified atom stereocenters. The number of fused-ring (bicyclic) bond motifs is 5. The van der Waals surface area contributed by atoms with Crippen molar-refractivity contribution >= 4 is 46.4 Å². The largest absolute Gasteiger partial charge is 0.423 e. The van der Waals surface area contributed by atoms with Crippen LogP contribution in [0.2, 0.25) is 5.02 Å². The second-order valence-corrected chi connectivity index (χ2v) is 8.93. The van der Waals surface area contributed by atoms with Crippen molar-refractivity contribution in [2.75, 3.05) is 20.6 Å². The summed E-state index contributed by atoms with van der Waals surface area (Å²) in [6.45, 7) is 1.01. The highest BCUT2D eigenvalue weighted by molar-refractivity contribution is 6.31. The Kier molecular flexibility index (Phi) is 6.66. The predicted molar refractivity (Wildman–Crippen MR) is 132 cm³/mol. The molecular formula is C25H19ClN4O8. The Morgan fingerprint density at radius 1 is 0.868 bits per heavy atom. The summed E-state index contributed by atoms with van der Waals surface area (Å²) < 4.78 is 23.3. The number of ether oxygens (including phenoxy) is 4. The lowest BCUT2D eigenvalue weighted by atomic mass is 10.1. The Labute approximate surface area is 220 Å². The lowest BCUT2D eigenvalue weighted by Crippen LogP contribution is -2.16. The average Bonchev–Trinajstić information content (AvgIpc) is 3.24. The van der Waals surface area contributed by atoms with E-state index in [0.29, 0.717) is 25.1 Å². The zero-order valence-electron chi connectivity index (χ0n) is 20.1. The maximum absolute atomic E-state index is 12.7. The van der Waals surface area contributed by atoms with Gasteiger partial charge in [-0.05, 0) is 39.2 Å². The fourth-order valence-corrected chi connectivity index (χ4v) is 4.06. The number of carbonyl (C=O) groups excluding carboxylic acids is 4. The van der Waals surface area contributed by atoms with Crippen molar-refractivity contribution < 1.29 is 38.1 Å². The predicted octanol–water partition coefficient (Wildman–Crippen LogP) is 2.46. The third-order valence-electron chi connectivity index (χ3n) is 5.47. The molecule has 5 rings (SSSR count). The van der Waals surface area contributed by atoms with Gasteiger partial charge in [-0.2, -0.15) is 10.1 Å². The van der Waals surface area contributed by atoms with Gasteiger partial charge in [-0.25, -0.2) is 19.2 Å². The number of rotatable bonds is 4. The summed E-state index contributed by atoms with van der Waals surface area (Å²) in [5, 5.41) is 5.14. The Balaban J connectivity index is 1.88. The van der Waals surface area contributed by atoms with E-state index in [2.05, 4.69) is 4.98 Å². The third-order valence-corrected chi connectivity index (χ3v) is 5.71. The molecule has 0 N–H and O–H groups in total. The molecule has 6 bridgehead atoms. The van der Waals surface area contributed by atoms with Crippen molar-refractivity contribution in [2.24, 2.45) is 0 Å². The third kappa shape index (κ3) is 4.99. The normalized spacial score (nSPS) is 15.9. The molecule has 38 heavy (non-hydrogen) atoms. The van der Waals surface area contributed by atoms with E-state index in [1.807, 2.05) is 19.0 Å². The first-order chi connectivity index (χ1) is 18.2. The maximum atomic E-state index is 12.7. The van der Waals surface area contributed by atoms with Crippen LogP contribution in [-0.4, -0.2) is 64.2 Å². The molecule has 0 amide bonds. The number of aryl methyl sites for hydroxylation is 1. The first-order valence-corrected chi connectivity index (χ1v) is 11.7. The highest BCUT2D eigenvalue weighted by atomic mass is 35.5. The average molecular weight is 539 g/mol. The molecule has 4 heterocycles. The van der Waals surface area contributed by atoms with Gasteiger partial charge in [0.15, 0.2) is 0 Å². The molecule has 12 nitrogen and oxygen atoms in total. The molecule has 0 spiro atoms. The van der Waals surface area contributed by atoms with Gasteiger partial charge in [-0.3, -0.25) is 4.68 Å². The maximum Gasteiger partial charge on any atom is 0.337 e. The number of esters is 4. The first-order valence-electron chi connectivity index (χ1n) is 11.3. The summed E-state index contributed by atoms with van der Waals surface area (Å²) in [4.78, 5) is 56.1. The zero-order chi connectivity index (χ0) is 27.0. The molecule has 2 aromatic heterocycles. The molecule has 0 aliphatic carbocycles. The quantitative estimate of drug-likeness (QED) is 0.357. The van der Waals surface area contributed by atoms with Crippen molar-refractivity contribution in [3.05, 3.63) is 47.5 Å². The molecule has 13 heteroatoms. The van der Waals surface area contributed by atoms with Crippen LogP contribution in [0.25, 0.3) is 22.2 Å². The summed E-state index contributed by atoms with van der Waals surface area (Å²) in [5.41, 5.74) is 0.693. The minimum atomic E-state index is -0.980. The Morgan fingerprint density at radius 2 is 1.50 bits per heavy atom. The van der Waals surface area contributed by atoms with Crippen LogP contribution >= 0.6 is 11.6 Å². The van der Waals surface area contributed by atoms with Gasteiger partial charge in [0.25, 0.3) is 5.88 Å². The molecule has 0 saturated carbocycles. The van der Waals surface area contributed by atoms with Gasteiger partial charge in [-0.15, -0.1) is 0 Å². The van der Waals surface area contributed by atoms with Crippen LogP contribution in [0.1, 0.15) is 6.42 Å². The van der Waals surface area contributed by atoms with Gasteiger partial charge < -0.3 is 23.8 Å². The van der Waals surface area contributed by atoms with Gasteiger partial charge in [-0.1, -0.05) is 11.6 Å². The fourth-order valence-electron chi connectivity index (χ4n) is 3.90. The second kappa shape index (κ2) is 10.1. The lowest BCUT2D eigenvalue weighted by Gasteiger charge is -2.14. The molecule has 1 aromatic carbocycles. The van der Waals surface area contributed by atoms with Gasteiger partial charge >= 0.3 is 23.9 Å². The SMILES string of the molecule is CN(C)CCCn1nc2c3c4nc(c(c31)OC(=O)C=CC(=O)Oc1cc(Cl)ccc1-2)OC(=O)/C=C\C(=O)O4. The molecule has 2 aliphatic heterocycles. The van der Waals surface area contributed by atoms with Crippen LogP contribution < -0.4 is 18.9 Å². The molecule has 3 aromatic rings. The van der Waals surface area contributed by atoms with E-state index in [-0.39, 0.29) is 39.0 Å². The molecule has 0 saturated heterocycles. The Morgan fingerprint density at radius 3 is 2.18 bits per heavy atom. The van der Waals surface area contributed by atoms with Crippen molar-refractivity contribution in [3.8, 4) is 34.5 Å². The number of hydrogen-bond acceptors (Lipinski definition) is 11. The van der Waals surface area contributed by atoms with Gasteiger partial charge in [0.2, 0.25) is 11.6 Å². The van der Waals surface area contributed by atoms with E-state index < -0.39 is 29.8 Å². The first kappa shape index (κ1) is 25.1. The highest BCUT2D eigenvalue weighted by Crippen LogP contribution is 2.46. The van der Waals surface area contributed by atoms with Crippen LogP contribution in [0.3, 0.4) is 0 Å². The molecular weight excluding hydrogens is 520 g/mol. The van der Waals surface area contributed by atoms with Gasteiger partial charge in [0, 0.05) is 47.5 Å². The van der Waals surface area contributed by atoms with Crippen LogP contribution in [-0.2, 0) is 25.7 Å². The molecule has 2 aliphatic rings. The molecule has 0 atom stereocenters. The number of hydrogen-bond donors (Lipinski definition) is 0. The van der Waals surface area contributed by atoms with E-state index >= 15 is 0 Å². The minimum absolute atomic E-state index is 0.0412. The molecule has 194 valence electrons. The Hall–Kier alpha value is -4.55. The summed E-state index contributed by atoms with van der Waals surface area (Å²) in [6.07, 6.45) is 4.09. The number of carbonyl (C=O) groups is 4. The monoisotopic (exact) mass is 538 g/mol. The van der Waals surface area contributed by atoms with E-state index in [1.165, 1.54) is 10.7 Å². The number of benzene rings is 1. The lowest BCUT2D eigenvalue weighted by molar-refractivity contribution is -0.132. The highest BCUT2D eigenvalue weighted by Gasteiger charge is 2.31. The van der Waals surface area contributed by atoms with Crippen molar-refractivity contribution in [1.29, 1.82) is 0 Å². The Bertz CT molecular complexity index is 1570. The second-order valence-electron chi connectivity index (χ2n) is 8.49. The van der Waals surface area contributed by atoms with Crippen LogP contribution in [0.5, 0.6) is 23.3 Å². The van der Waals surface area contributed by atoms with E-state index in [4.69, 9.17) is 35.6 Å². The summed E-state index contributed by atoms with van der Waals surface area (Å²) >= 11 is 6.17. The topological polar surface area (TPSA) is 139 Å². The molecule has 0 radical (unpaired) electrons. The number of aromatic nitrogens is 3. The summed E-state index contributed by atoms with van der Waals surface area (Å²) in [6, 6.07) is 4.56. The van der Waals surface area contributed by atoms with E-state index in [9.17, 15) is 19.2 Å².